The third-order valence-electron chi connectivity index (χ3n) is 3.28. The number of benzene rings is 1. The molecular weight excluding hydrogens is 252 g/mol. The molecule has 0 spiro atoms. The molecule has 2 heterocycles. The Hall–Kier alpha value is -2.87. The molecule has 0 atom stereocenters. The lowest BCUT2D eigenvalue weighted by Crippen LogP contribution is -2.19. The summed E-state index contributed by atoms with van der Waals surface area (Å²) in [7, 11) is 0. The number of aromatic nitrogens is 1. The average molecular weight is 264 g/mol. The molecule has 0 bridgehead atoms. The van der Waals surface area contributed by atoms with Crippen molar-refractivity contribution in [1.82, 2.24) is 9.99 Å². The van der Waals surface area contributed by atoms with Crippen molar-refractivity contribution >= 4 is 11.6 Å². The zero-order valence-electron chi connectivity index (χ0n) is 10.7. The number of nitrogens with zero attached hydrogens (tertiary/aromatic N) is 3. The first-order valence-electron chi connectivity index (χ1n) is 6.30. The molecular formula is C15H12N4O. The van der Waals surface area contributed by atoms with Gasteiger partial charge in [-0.3, -0.25) is 4.79 Å². The van der Waals surface area contributed by atoms with Crippen molar-refractivity contribution < 1.29 is 4.79 Å². The summed E-state index contributed by atoms with van der Waals surface area (Å²) >= 11 is 0. The highest BCUT2D eigenvalue weighted by atomic mass is 16.2. The predicted molar refractivity (Wildman–Crippen MR) is 74.2 cm³/mol. The van der Waals surface area contributed by atoms with E-state index >= 15 is 0 Å². The van der Waals surface area contributed by atoms with Crippen LogP contribution in [0.3, 0.4) is 0 Å². The fourth-order valence-electron chi connectivity index (χ4n) is 2.22. The van der Waals surface area contributed by atoms with Crippen molar-refractivity contribution in [3.05, 3.63) is 59.4 Å². The molecule has 0 aliphatic carbocycles. The lowest BCUT2D eigenvalue weighted by Gasteiger charge is -2.01. The molecule has 3 rings (SSSR count). The first kappa shape index (κ1) is 12.2. The van der Waals surface area contributed by atoms with Gasteiger partial charge < -0.3 is 4.57 Å². The number of rotatable bonds is 2. The van der Waals surface area contributed by atoms with E-state index in [-0.39, 0.29) is 5.91 Å². The van der Waals surface area contributed by atoms with Gasteiger partial charge in [0.25, 0.3) is 5.91 Å². The minimum absolute atomic E-state index is 0.271. The molecule has 1 amide bonds. The maximum absolute atomic E-state index is 11.9. The number of nitriles is 1. The van der Waals surface area contributed by atoms with Crippen LogP contribution in [0.1, 0.15) is 28.0 Å². The molecule has 5 heteroatoms. The van der Waals surface area contributed by atoms with Gasteiger partial charge in [0.15, 0.2) is 0 Å². The third-order valence-corrected chi connectivity index (χ3v) is 3.28. The minimum Gasteiger partial charge on any atom is -0.346 e. The molecule has 0 saturated carbocycles. The summed E-state index contributed by atoms with van der Waals surface area (Å²) in [6.07, 6.45) is 2.82. The van der Waals surface area contributed by atoms with Gasteiger partial charge >= 0.3 is 0 Å². The van der Waals surface area contributed by atoms with Crippen LogP contribution in [-0.2, 0) is 6.54 Å². The second-order valence-electron chi connectivity index (χ2n) is 4.53. The molecule has 1 aliphatic heterocycles. The van der Waals surface area contributed by atoms with E-state index < -0.39 is 0 Å². The molecule has 1 aromatic carbocycles. The maximum atomic E-state index is 11.9. The van der Waals surface area contributed by atoms with Gasteiger partial charge in [-0.05, 0) is 36.4 Å². The van der Waals surface area contributed by atoms with E-state index in [0.29, 0.717) is 11.1 Å². The Balaban J connectivity index is 1.72. The number of fused-ring (bicyclic) bond motifs is 1. The van der Waals surface area contributed by atoms with Crippen LogP contribution in [0.4, 0.5) is 0 Å². The topological polar surface area (TPSA) is 70.2 Å². The van der Waals surface area contributed by atoms with Crippen molar-refractivity contribution in [2.75, 3.05) is 0 Å². The number of hydrogen-bond donors (Lipinski definition) is 1. The Morgan fingerprint density at radius 3 is 2.85 bits per heavy atom. The zero-order chi connectivity index (χ0) is 13.9. The van der Waals surface area contributed by atoms with Crippen molar-refractivity contribution in [2.45, 2.75) is 13.0 Å². The molecule has 0 saturated heterocycles. The van der Waals surface area contributed by atoms with Crippen LogP contribution in [-0.4, -0.2) is 16.2 Å². The Labute approximate surface area is 116 Å². The molecule has 0 unspecified atom stereocenters. The van der Waals surface area contributed by atoms with Crippen LogP contribution in [0, 0.1) is 11.3 Å². The quantitative estimate of drug-likeness (QED) is 0.841. The van der Waals surface area contributed by atoms with Crippen LogP contribution < -0.4 is 5.43 Å². The van der Waals surface area contributed by atoms with Crippen molar-refractivity contribution in [1.29, 1.82) is 5.26 Å². The van der Waals surface area contributed by atoms with Crippen LogP contribution in [0.5, 0.6) is 0 Å². The van der Waals surface area contributed by atoms with E-state index in [4.69, 9.17) is 5.26 Å². The van der Waals surface area contributed by atoms with E-state index in [9.17, 15) is 4.79 Å². The second kappa shape index (κ2) is 5.02. The highest BCUT2D eigenvalue weighted by Gasteiger charge is 2.16. The van der Waals surface area contributed by atoms with Crippen LogP contribution in [0.25, 0.3) is 0 Å². The van der Waals surface area contributed by atoms with Gasteiger partial charge in [-0.15, -0.1) is 0 Å². The van der Waals surface area contributed by atoms with Crippen molar-refractivity contribution in [3.63, 3.8) is 0 Å². The standard InChI is InChI=1S/C15H12N4O/c16-10-11-3-5-12(6-4-11)15(20)18-17-13-7-9-19-8-1-2-14(13)19/h1-6,8H,7,9H2,(H,18,20)/b17-13-. The van der Waals surface area contributed by atoms with Crippen molar-refractivity contribution in [2.24, 2.45) is 5.10 Å². The van der Waals surface area contributed by atoms with Crippen LogP contribution in [0.2, 0.25) is 0 Å². The van der Waals surface area contributed by atoms with E-state index in [1.54, 1.807) is 24.3 Å². The number of nitrogens with one attached hydrogen (secondary N) is 1. The van der Waals surface area contributed by atoms with Gasteiger partial charge in [0.2, 0.25) is 0 Å². The van der Waals surface area contributed by atoms with Gasteiger partial charge in [0.1, 0.15) is 0 Å². The second-order valence-corrected chi connectivity index (χ2v) is 4.53. The molecule has 5 nitrogen and oxygen atoms in total. The summed E-state index contributed by atoms with van der Waals surface area (Å²) in [4.78, 5) is 11.9. The average Bonchev–Trinajstić information content (AvgIpc) is 3.08. The summed E-state index contributed by atoms with van der Waals surface area (Å²) in [6.45, 7) is 0.897. The smallest absolute Gasteiger partial charge is 0.271 e. The number of carbonyl (C=O) groups excluding carboxylic acids is 1. The SMILES string of the molecule is N#Cc1ccc(C(=O)N/N=C2/CCn3cccc32)cc1. The summed E-state index contributed by atoms with van der Waals surface area (Å²) in [5.41, 5.74) is 5.51. The maximum Gasteiger partial charge on any atom is 0.271 e. The summed E-state index contributed by atoms with van der Waals surface area (Å²) in [5.74, 6) is -0.271. The van der Waals surface area contributed by atoms with Gasteiger partial charge in [-0.1, -0.05) is 0 Å². The largest absolute Gasteiger partial charge is 0.346 e. The molecule has 20 heavy (non-hydrogen) atoms. The highest BCUT2D eigenvalue weighted by molar-refractivity contribution is 6.02. The molecule has 1 aliphatic rings. The summed E-state index contributed by atoms with van der Waals surface area (Å²) in [6, 6.07) is 12.4. The van der Waals surface area contributed by atoms with Gasteiger partial charge in [-0.2, -0.15) is 10.4 Å². The number of carbonyl (C=O) groups is 1. The number of hydrazone groups is 1. The molecule has 0 radical (unpaired) electrons. The first-order valence-corrected chi connectivity index (χ1v) is 6.30. The zero-order valence-corrected chi connectivity index (χ0v) is 10.7. The lowest BCUT2D eigenvalue weighted by molar-refractivity contribution is 0.0955. The van der Waals surface area contributed by atoms with Crippen LogP contribution >= 0.6 is 0 Å². The Kier molecular flexibility index (Phi) is 3.05. The highest BCUT2D eigenvalue weighted by Crippen LogP contribution is 2.15. The molecule has 0 fully saturated rings. The minimum atomic E-state index is -0.271. The van der Waals surface area contributed by atoms with Crippen molar-refractivity contribution in [3.8, 4) is 6.07 Å². The Bertz CT molecular complexity index is 719. The molecule has 1 N–H and O–H groups in total. The number of aryl methyl sites for hydroxylation is 1. The normalized spacial score (nSPS) is 14.8. The number of amides is 1. The Morgan fingerprint density at radius 1 is 1.30 bits per heavy atom. The molecule has 98 valence electrons. The number of hydrogen-bond acceptors (Lipinski definition) is 3. The van der Waals surface area contributed by atoms with Crippen LogP contribution in [0.15, 0.2) is 47.7 Å². The lowest BCUT2D eigenvalue weighted by atomic mass is 10.1. The summed E-state index contributed by atoms with van der Waals surface area (Å²) in [5, 5.41) is 12.9. The van der Waals surface area contributed by atoms with Gasteiger partial charge in [0, 0.05) is 24.7 Å². The van der Waals surface area contributed by atoms with Gasteiger partial charge in [0.05, 0.1) is 23.0 Å². The van der Waals surface area contributed by atoms with E-state index in [1.807, 2.05) is 24.4 Å². The fraction of sp³-hybridized carbons (Fsp3) is 0.133. The van der Waals surface area contributed by atoms with E-state index in [2.05, 4.69) is 15.1 Å². The summed E-state index contributed by atoms with van der Waals surface area (Å²) < 4.78 is 2.10. The molecule has 2 aromatic rings. The first-order chi connectivity index (χ1) is 9.78. The van der Waals surface area contributed by atoms with E-state index in [0.717, 1.165) is 24.4 Å². The third kappa shape index (κ3) is 2.19. The van der Waals surface area contributed by atoms with Gasteiger partial charge in [-0.25, -0.2) is 5.43 Å². The Morgan fingerprint density at radius 2 is 2.10 bits per heavy atom. The predicted octanol–water partition coefficient (Wildman–Crippen LogP) is 1.90. The molecule has 1 aromatic heterocycles. The fourth-order valence-corrected chi connectivity index (χ4v) is 2.22. The monoisotopic (exact) mass is 264 g/mol. The van der Waals surface area contributed by atoms with E-state index in [1.165, 1.54) is 0 Å².